The summed E-state index contributed by atoms with van der Waals surface area (Å²) in [6.45, 7) is 3.03. The summed E-state index contributed by atoms with van der Waals surface area (Å²) >= 11 is 0. The van der Waals surface area contributed by atoms with Gasteiger partial charge in [-0.15, -0.1) is 0 Å². The zero-order valence-electron chi connectivity index (χ0n) is 17.0. The number of carbonyl (C=O) groups is 1. The molecule has 14 heteroatoms. The number of hydrogen-bond donors (Lipinski definition) is 3. The standard InChI is InChI=1S/C17H23N6O7P/c1-10(2)15(24)21-17-20-14-13(16(25)22-17)19-9-23(14)12-5-4-11(30-12)8-29-31(26,27)28-7-3-6-18/h9-12H,3-5,7-8H2,1-2H3,(H,26,27)(H2,20,21,22,24,25)/t11-,12+/m0/s1. The van der Waals surface area contributed by atoms with Crippen LogP contribution in [0, 0.1) is 17.2 Å². The molecular formula is C17H23N6O7P. The van der Waals surface area contributed by atoms with Gasteiger partial charge < -0.3 is 9.63 Å². The van der Waals surface area contributed by atoms with Crippen molar-refractivity contribution in [1.82, 2.24) is 19.5 Å². The smallest absolute Gasteiger partial charge is 0.352 e. The number of imidazole rings is 1. The lowest BCUT2D eigenvalue weighted by Crippen LogP contribution is -2.22. The normalized spacial score (nSPS) is 20.6. The third-order valence-electron chi connectivity index (χ3n) is 4.49. The number of carbonyl (C=O) groups excluding carboxylic acids is 1. The molecule has 1 aliphatic heterocycles. The monoisotopic (exact) mass is 454 g/mol. The van der Waals surface area contributed by atoms with E-state index in [4.69, 9.17) is 14.5 Å². The molecule has 3 atom stereocenters. The number of nitrogens with one attached hydrogen (secondary N) is 2. The van der Waals surface area contributed by atoms with E-state index in [1.165, 1.54) is 6.33 Å². The summed E-state index contributed by atoms with van der Waals surface area (Å²) in [4.78, 5) is 44.7. The van der Waals surface area contributed by atoms with Crippen molar-refractivity contribution in [1.29, 1.82) is 5.26 Å². The molecule has 1 amide bonds. The maximum Gasteiger partial charge on any atom is 0.472 e. The highest BCUT2D eigenvalue weighted by Crippen LogP contribution is 2.44. The van der Waals surface area contributed by atoms with Crippen LogP contribution in [0.1, 0.15) is 39.3 Å². The highest BCUT2D eigenvalue weighted by atomic mass is 31.2. The van der Waals surface area contributed by atoms with Crippen LogP contribution in [-0.4, -0.2) is 49.6 Å². The maximum atomic E-state index is 12.3. The van der Waals surface area contributed by atoms with Crippen molar-refractivity contribution in [3.63, 3.8) is 0 Å². The minimum atomic E-state index is -4.28. The molecular weight excluding hydrogens is 431 g/mol. The Bertz CT molecular complexity index is 1090. The molecule has 31 heavy (non-hydrogen) atoms. The Morgan fingerprint density at radius 3 is 3.00 bits per heavy atom. The Kier molecular flexibility index (Phi) is 7.19. The highest BCUT2D eigenvalue weighted by Gasteiger charge is 2.31. The molecule has 2 aromatic rings. The fraction of sp³-hybridized carbons (Fsp3) is 0.588. The molecule has 1 fully saturated rings. The molecule has 13 nitrogen and oxygen atoms in total. The van der Waals surface area contributed by atoms with Crippen LogP contribution in [0.2, 0.25) is 0 Å². The van der Waals surface area contributed by atoms with Gasteiger partial charge in [-0.3, -0.25) is 33.5 Å². The van der Waals surface area contributed by atoms with E-state index in [1.807, 2.05) is 0 Å². The molecule has 0 bridgehead atoms. The molecule has 3 N–H and O–H groups in total. The van der Waals surface area contributed by atoms with E-state index in [9.17, 15) is 19.0 Å². The molecule has 0 radical (unpaired) electrons. The van der Waals surface area contributed by atoms with Crippen molar-refractivity contribution < 1.29 is 28.0 Å². The Labute approximate surface area is 177 Å². The van der Waals surface area contributed by atoms with E-state index >= 15 is 0 Å². The molecule has 1 aliphatic rings. The number of aromatic nitrogens is 4. The first-order chi connectivity index (χ1) is 14.7. The topological polar surface area (TPSA) is 181 Å². The summed E-state index contributed by atoms with van der Waals surface area (Å²) in [5, 5.41) is 11.0. The van der Waals surface area contributed by atoms with Gasteiger partial charge in [0, 0.05) is 5.92 Å². The fourth-order valence-electron chi connectivity index (χ4n) is 2.89. The van der Waals surface area contributed by atoms with Crippen LogP contribution in [0.25, 0.3) is 11.2 Å². The van der Waals surface area contributed by atoms with Crippen molar-refractivity contribution in [2.24, 2.45) is 5.92 Å². The first-order valence-electron chi connectivity index (χ1n) is 9.62. The molecule has 0 aromatic carbocycles. The van der Waals surface area contributed by atoms with Crippen LogP contribution in [0.3, 0.4) is 0 Å². The maximum absolute atomic E-state index is 12.3. The van der Waals surface area contributed by atoms with E-state index in [-0.39, 0.29) is 48.6 Å². The van der Waals surface area contributed by atoms with Gasteiger partial charge in [0.05, 0.1) is 38.1 Å². The van der Waals surface area contributed by atoms with E-state index in [2.05, 4.69) is 24.8 Å². The van der Waals surface area contributed by atoms with Gasteiger partial charge in [0.25, 0.3) is 5.56 Å². The fourth-order valence-corrected chi connectivity index (χ4v) is 3.64. The van der Waals surface area contributed by atoms with Crippen molar-refractivity contribution >= 4 is 30.8 Å². The van der Waals surface area contributed by atoms with Gasteiger partial charge in [-0.05, 0) is 12.8 Å². The molecule has 0 saturated carbocycles. The Balaban J connectivity index is 1.68. The van der Waals surface area contributed by atoms with E-state index < -0.39 is 25.7 Å². The Morgan fingerprint density at radius 2 is 2.29 bits per heavy atom. The van der Waals surface area contributed by atoms with Crippen molar-refractivity contribution in [3.8, 4) is 6.07 Å². The minimum Gasteiger partial charge on any atom is -0.352 e. The number of H-pyrrole nitrogens is 1. The summed E-state index contributed by atoms with van der Waals surface area (Å²) in [6, 6.07) is 1.80. The van der Waals surface area contributed by atoms with Crippen molar-refractivity contribution in [3.05, 3.63) is 16.7 Å². The van der Waals surface area contributed by atoms with Gasteiger partial charge in [-0.1, -0.05) is 13.8 Å². The first-order valence-corrected chi connectivity index (χ1v) is 11.1. The number of aromatic amines is 1. The number of amides is 1. The first kappa shape index (κ1) is 23.1. The molecule has 3 heterocycles. The molecule has 1 saturated heterocycles. The third kappa shape index (κ3) is 5.75. The largest absolute Gasteiger partial charge is 0.472 e. The van der Waals surface area contributed by atoms with Crippen molar-refractivity contribution in [2.45, 2.75) is 45.4 Å². The van der Waals surface area contributed by atoms with E-state index in [1.54, 1.807) is 24.5 Å². The van der Waals surface area contributed by atoms with Gasteiger partial charge >= 0.3 is 7.82 Å². The number of phosphoric ester groups is 1. The molecule has 0 spiro atoms. The average Bonchev–Trinajstić information content (AvgIpc) is 3.33. The van der Waals surface area contributed by atoms with Crippen LogP contribution in [-0.2, 0) is 23.1 Å². The molecule has 1 unspecified atom stereocenters. The zero-order chi connectivity index (χ0) is 22.6. The number of phosphoric acid groups is 1. The zero-order valence-corrected chi connectivity index (χ0v) is 17.9. The van der Waals surface area contributed by atoms with Crippen molar-refractivity contribution in [2.75, 3.05) is 18.5 Å². The second-order valence-corrected chi connectivity index (χ2v) is 8.63. The average molecular weight is 454 g/mol. The van der Waals surface area contributed by atoms with Gasteiger partial charge in [0.1, 0.15) is 6.23 Å². The number of rotatable bonds is 9. The van der Waals surface area contributed by atoms with Crippen LogP contribution < -0.4 is 10.9 Å². The SMILES string of the molecule is CC(C)C(=O)Nc1nc2c(ncn2[C@H]2CC[C@@H](COP(=O)(O)OCCC#N)O2)c(=O)[nH]1. The third-order valence-corrected chi connectivity index (χ3v) is 5.47. The summed E-state index contributed by atoms with van der Waals surface area (Å²) < 4.78 is 28.8. The number of fused-ring (bicyclic) bond motifs is 1. The summed E-state index contributed by atoms with van der Waals surface area (Å²) in [6.07, 6.45) is 1.39. The number of nitrogens with zero attached hydrogens (tertiary/aromatic N) is 4. The van der Waals surface area contributed by atoms with Crippen LogP contribution in [0.4, 0.5) is 5.95 Å². The predicted molar refractivity (Wildman–Crippen MR) is 107 cm³/mol. The van der Waals surface area contributed by atoms with Gasteiger partial charge in [0.2, 0.25) is 11.9 Å². The summed E-state index contributed by atoms with van der Waals surface area (Å²) in [7, 11) is -4.28. The molecule has 2 aromatic heterocycles. The number of ether oxygens (including phenoxy) is 1. The summed E-state index contributed by atoms with van der Waals surface area (Å²) in [5.41, 5.74) is -0.171. The Morgan fingerprint density at radius 1 is 1.52 bits per heavy atom. The van der Waals surface area contributed by atoms with Gasteiger partial charge in [-0.25, -0.2) is 9.55 Å². The van der Waals surface area contributed by atoms with E-state index in [0.717, 1.165) is 0 Å². The second-order valence-electron chi connectivity index (χ2n) is 7.18. The highest BCUT2D eigenvalue weighted by molar-refractivity contribution is 7.47. The van der Waals surface area contributed by atoms with E-state index in [0.29, 0.717) is 12.8 Å². The lowest BCUT2D eigenvalue weighted by Gasteiger charge is -2.17. The minimum absolute atomic E-state index is 0.00608. The number of hydrogen-bond acceptors (Lipinski definition) is 9. The quantitative estimate of drug-likeness (QED) is 0.370. The molecule has 3 rings (SSSR count). The van der Waals surface area contributed by atoms with Crippen LogP contribution in [0.15, 0.2) is 11.1 Å². The second kappa shape index (κ2) is 9.67. The Hall–Kier alpha value is -2.62. The molecule has 0 aliphatic carbocycles. The lowest BCUT2D eigenvalue weighted by molar-refractivity contribution is -0.118. The lowest BCUT2D eigenvalue weighted by atomic mass is 10.2. The number of anilines is 1. The van der Waals surface area contributed by atoms with Crippen LogP contribution in [0.5, 0.6) is 0 Å². The predicted octanol–water partition coefficient (Wildman–Crippen LogP) is 1.44. The number of nitriles is 1. The van der Waals surface area contributed by atoms with Gasteiger partial charge in [-0.2, -0.15) is 10.2 Å². The van der Waals surface area contributed by atoms with Gasteiger partial charge in [0.15, 0.2) is 11.2 Å². The molecule has 168 valence electrons. The van der Waals surface area contributed by atoms with Crippen LogP contribution >= 0.6 is 7.82 Å². The summed E-state index contributed by atoms with van der Waals surface area (Å²) in [5.74, 6) is -0.587.